The van der Waals surface area contributed by atoms with Gasteiger partial charge in [-0.1, -0.05) is 0 Å². The number of aromatic hydroxyl groups is 2. The van der Waals surface area contributed by atoms with Crippen LogP contribution < -0.4 is 0 Å². The van der Waals surface area contributed by atoms with E-state index < -0.39 is 82.4 Å². The lowest BCUT2D eigenvalue weighted by molar-refractivity contribution is -0.246. The number of hydrogen-bond donors (Lipinski definition) is 4. The number of ketones is 2. The molecule has 7 atom stereocenters. The number of phenolic OH excluding ortho intramolecular Hbond substituents is 2. The summed E-state index contributed by atoms with van der Waals surface area (Å²) in [5, 5.41) is 44.1. The lowest BCUT2D eigenvalue weighted by atomic mass is 9.66. The van der Waals surface area contributed by atoms with Crippen molar-refractivity contribution < 1.29 is 49.0 Å². The molecule has 4 aliphatic heterocycles. The molecule has 0 radical (unpaired) electrons. The van der Waals surface area contributed by atoms with Gasteiger partial charge in [0.25, 0.3) is 0 Å². The fraction of sp³-hybridized carbons (Fsp3) is 0.500. The molecule has 1 aromatic rings. The summed E-state index contributed by atoms with van der Waals surface area (Å²) in [6.45, 7) is 3.06. The van der Waals surface area contributed by atoms with Crippen LogP contribution in [-0.4, -0.2) is 68.5 Å². The van der Waals surface area contributed by atoms with Gasteiger partial charge in [-0.25, -0.2) is 0 Å². The van der Waals surface area contributed by atoms with Crippen LogP contribution in [-0.2, 0) is 24.6 Å². The zero-order valence-electron chi connectivity index (χ0n) is 17.1. The number of hydrogen-bond acceptors (Lipinski definition) is 10. The molecular weight excluding hydrogens is 424 g/mol. The van der Waals surface area contributed by atoms with Crippen LogP contribution in [0, 0.1) is 0 Å². The third kappa shape index (κ3) is 2.06. The second kappa shape index (κ2) is 5.96. The molecule has 6 aliphatic rings. The summed E-state index contributed by atoms with van der Waals surface area (Å²) >= 11 is 0. The molecule has 10 nitrogen and oxygen atoms in total. The van der Waals surface area contributed by atoms with Crippen LogP contribution in [0.5, 0.6) is 11.5 Å². The summed E-state index contributed by atoms with van der Waals surface area (Å²) in [5.41, 5.74) is -3.36. The minimum Gasteiger partial charge on any atom is -0.507 e. The molecule has 1 aromatic carbocycles. The molecule has 2 aliphatic carbocycles. The molecule has 2 bridgehead atoms. The van der Waals surface area contributed by atoms with Crippen molar-refractivity contribution in [1.82, 2.24) is 0 Å². The van der Waals surface area contributed by atoms with Crippen LogP contribution in [0.25, 0.3) is 0 Å². The van der Waals surface area contributed by atoms with Gasteiger partial charge < -0.3 is 34.6 Å². The van der Waals surface area contributed by atoms with Crippen LogP contribution in [0.2, 0.25) is 0 Å². The molecule has 32 heavy (non-hydrogen) atoms. The van der Waals surface area contributed by atoms with Gasteiger partial charge in [0.2, 0.25) is 0 Å². The predicted molar refractivity (Wildman–Crippen MR) is 102 cm³/mol. The molecule has 2 fully saturated rings. The summed E-state index contributed by atoms with van der Waals surface area (Å²) in [6.07, 6.45) is -5.98. The first-order valence-corrected chi connectivity index (χ1v) is 10.4. The van der Waals surface area contributed by atoms with Crippen LogP contribution >= 0.6 is 0 Å². The Morgan fingerprint density at radius 2 is 1.62 bits per heavy atom. The lowest BCUT2D eigenvalue weighted by Crippen LogP contribution is -2.58. The number of fused-ring (bicyclic) bond motifs is 5. The van der Waals surface area contributed by atoms with Crippen molar-refractivity contribution in [2.75, 3.05) is 0 Å². The molecule has 10 heteroatoms. The van der Waals surface area contributed by atoms with Crippen molar-refractivity contribution in [3.63, 3.8) is 0 Å². The SMILES string of the molecule is C[C@@H]1O[C@H]2CC(=O)O[C@H]2C2=C1C(=O)c1c(O)c3c(c(O)c1C2=O)[C@@H]1C[C@@H](O)[C@]3(O)[C@H](C)O1. The van der Waals surface area contributed by atoms with Crippen LogP contribution in [0.15, 0.2) is 11.1 Å². The summed E-state index contributed by atoms with van der Waals surface area (Å²) in [6, 6.07) is 0. The zero-order valence-corrected chi connectivity index (χ0v) is 17.1. The van der Waals surface area contributed by atoms with Crippen molar-refractivity contribution in [3.8, 4) is 11.5 Å². The number of aliphatic hydroxyl groups is 2. The van der Waals surface area contributed by atoms with Gasteiger partial charge in [-0.2, -0.15) is 0 Å². The Labute approximate surface area is 181 Å². The van der Waals surface area contributed by atoms with Gasteiger partial charge in [0.15, 0.2) is 17.7 Å². The molecule has 0 unspecified atom stereocenters. The van der Waals surface area contributed by atoms with E-state index in [0.717, 1.165) is 0 Å². The molecule has 0 saturated carbocycles. The van der Waals surface area contributed by atoms with Gasteiger partial charge >= 0.3 is 5.97 Å². The number of carbonyl (C=O) groups is 3. The second-order valence-corrected chi connectivity index (χ2v) is 9.00. The molecule has 0 amide bonds. The zero-order chi connectivity index (χ0) is 22.9. The topological polar surface area (TPSA) is 160 Å². The van der Waals surface area contributed by atoms with E-state index in [1.54, 1.807) is 6.92 Å². The standard InChI is InChI=1S/C22H20O10/c1-5-11-15(21-8(30-5)4-10(24)32-21)19(27)13-14(17(11)25)20(28)16-12(18(13)26)7-3-9(23)22(16,29)6(2)31-7/h5-9,21,23,26,28-29H,3-4H2,1-2H3/t5-,6-,7-,8-,9+,21+,22+/m0/s1. The Morgan fingerprint density at radius 1 is 0.969 bits per heavy atom. The first kappa shape index (κ1) is 19.9. The maximum atomic E-state index is 13.6. The summed E-state index contributed by atoms with van der Waals surface area (Å²) in [4.78, 5) is 39.0. The maximum Gasteiger partial charge on any atom is 0.309 e. The first-order chi connectivity index (χ1) is 15.1. The average Bonchev–Trinajstić information content (AvgIpc) is 3.09. The van der Waals surface area contributed by atoms with Crippen molar-refractivity contribution in [2.24, 2.45) is 0 Å². The summed E-state index contributed by atoms with van der Waals surface area (Å²) in [7, 11) is 0. The van der Waals surface area contributed by atoms with Crippen LogP contribution in [0.1, 0.15) is 64.6 Å². The summed E-state index contributed by atoms with van der Waals surface area (Å²) < 4.78 is 16.7. The second-order valence-electron chi connectivity index (χ2n) is 9.00. The average molecular weight is 444 g/mol. The Bertz CT molecular complexity index is 1170. The predicted octanol–water partition coefficient (Wildman–Crippen LogP) is 0.288. The molecule has 0 aromatic heterocycles. The van der Waals surface area contributed by atoms with Gasteiger partial charge in [0.05, 0.1) is 47.5 Å². The van der Waals surface area contributed by atoms with E-state index in [2.05, 4.69) is 0 Å². The third-order valence-electron chi connectivity index (χ3n) is 7.41. The first-order valence-electron chi connectivity index (χ1n) is 10.4. The highest BCUT2D eigenvalue weighted by molar-refractivity contribution is 6.30. The van der Waals surface area contributed by atoms with Crippen molar-refractivity contribution >= 4 is 17.5 Å². The van der Waals surface area contributed by atoms with E-state index in [-0.39, 0.29) is 35.1 Å². The number of Topliss-reactive ketones (excluding diaryl/α,β-unsaturated/α-hetero) is 2. The Morgan fingerprint density at radius 3 is 2.31 bits per heavy atom. The number of phenols is 2. The van der Waals surface area contributed by atoms with Gasteiger partial charge in [-0.15, -0.1) is 0 Å². The third-order valence-corrected chi connectivity index (χ3v) is 7.41. The maximum absolute atomic E-state index is 13.6. The highest BCUT2D eigenvalue weighted by atomic mass is 16.6. The largest absolute Gasteiger partial charge is 0.507 e. The van der Waals surface area contributed by atoms with E-state index >= 15 is 0 Å². The molecule has 4 N–H and O–H groups in total. The minimum atomic E-state index is -2.08. The highest BCUT2D eigenvalue weighted by Crippen LogP contribution is 2.59. The van der Waals surface area contributed by atoms with E-state index in [1.807, 2.05) is 0 Å². The van der Waals surface area contributed by atoms with Crippen molar-refractivity contribution in [3.05, 3.63) is 33.4 Å². The fourth-order valence-corrected chi connectivity index (χ4v) is 5.95. The normalized spacial score (nSPS) is 39.4. The van der Waals surface area contributed by atoms with Crippen LogP contribution in [0.4, 0.5) is 0 Å². The Kier molecular flexibility index (Phi) is 3.70. The van der Waals surface area contributed by atoms with E-state index in [0.29, 0.717) is 0 Å². The Balaban J connectivity index is 1.64. The van der Waals surface area contributed by atoms with Crippen molar-refractivity contribution in [1.29, 1.82) is 0 Å². The van der Waals surface area contributed by atoms with E-state index in [9.17, 15) is 34.8 Å². The van der Waals surface area contributed by atoms with Crippen molar-refractivity contribution in [2.45, 2.75) is 68.9 Å². The van der Waals surface area contributed by atoms with Gasteiger partial charge in [-0.3, -0.25) is 14.4 Å². The highest BCUT2D eigenvalue weighted by Gasteiger charge is 2.60. The number of esters is 1. The minimum absolute atomic E-state index is 0.0302. The molecular formula is C22H20O10. The smallest absolute Gasteiger partial charge is 0.309 e. The Hall–Kier alpha value is -2.79. The number of ether oxygens (including phenoxy) is 3. The van der Waals surface area contributed by atoms with E-state index in [1.165, 1.54) is 6.92 Å². The number of carbonyl (C=O) groups excluding carboxylic acids is 3. The summed E-state index contributed by atoms with van der Waals surface area (Å²) in [5.74, 6) is -3.38. The number of aliphatic hydroxyl groups excluding tert-OH is 1. The molecule has 7 rings (SSSR count). The molecule has 168 valence electrons. The quantitative estimate of drug-likeness (QED) is 0.323. The van der Waals surface area contributed by atoms with Crippen LogP contribution in [0.3, 0.4) is 0 Å². The van der Waals surface area contributed by atoms with E-state index in [4.69, 9.17) is 14.2 Å². The van der Waals surface area contributed by atoms with Gasteiger partial charge in [0, 0.05) is 23.1 Å². The number of benzene rings is 1. The fourth-order valence-electron chi connectivity index (χ4n) is 5.95. The van der Waals surface area contributed by atoms with Gasteiger partial charge in [0.1, 0.15) is 23.2 Å². The molecule has 2 saturated heterocycles. The molecule has 4 heterocycles. The monoisotopic (exact) mass is 444 g/mol. The number of rotatable bonds is 0. The molecule has 0 spiro atoms. The lowest BCUT2D eigenvalue weighted by Gasteiger charge is -2.52. The van der Waals surface area contributed by atoms with Gasteiger partial charge in [-0.05, 0) is 13.8 Å².